The van der Waals surface area contributed by atoms with E-state index >= 15 is 0 Å². The number of hydrogen-bond donors (Lipinski definition) is 2. The van der Waals surface area contributed by atoms with E-state index in [4.69, 9.17) is 9.42 Å². The van der Waals surface area contributed by atoms with E-state index in [1.807, 2.05) is 0 Å². The van der Waals surface area contributed by atoms with Gasteiger partial charge in [0.15, 0.2) is 0 Å². The van der Waals surface area contributed by atoms with Gasteiger partial charge in [0.25, 0.3) is 0 Å². The van der Waals surface area contributed by atoms with Crippen molar-refractivity contribution < 1.29 is 9.42 Å². The second kappa shape index (κ2) is 9.72. The van der Waals surface area contributed by atoms with Gasteiger partial charge in [0.1, 0.15) is 0 Å². The zero-order chi connectivity index (χ0) is 8.74. The van der Waals surface area contributed by atoms with Gasteiger partial charge in [0.2, 0.25) is 5.69 Å². The predicted octanol–water partition coefficient (Wildman–Crippen LogP) is 2.35. The summed E-state index contributed by atoms with van der Waals surface area (Å²) < 4.78 is 4.92. The quantitative estimate of drug-likeness (QED) is 0.330. The van der Waals surface area contributed by atoms with Crippen molar-refractivity contribution in [2.45, 2.75) is 32.6 Å². The Morgan fingerprint density at radius 2 is 2.00 bits per heavy atom. The van der Waals surface area contributed by atoms with Crippen molar-refractivity contribution in [3.05, 3.63) is 0 Å². The van der Waals surface area contributed by atoms with Crippen LogP contribution >= 0.6 is 17.9 Å². The molecule has 0 rings (SSSR count). The van der Waals surface area contributed by atoms with Gasteiger partial charge in [-0.1, -0.05) is 38.4 Å². The number of unbranched alkanes of at least 4 members (excludes halogenated alkanes) is 3. The van der Waals surface area contributed by atoms with Crippen LogP contribution in [0.2, 0.25) is 0 Å². The third-order valence-corrected chi connectivity index (χ3v) is 2.44. The van der Waals surface area contributed by atoms with E-state index in [1.165, 1.54) is 12.8 Å². The molecule has 0 aliphatic rings. The van der Waals surface area contributed by atoms with Crippen LogP contribution < -0.4 is 0 Å². The van der Waals surface area contributed by atoms with Crippen molar-refractivity contribution in [2.75, 3.05) is 6.61 Å². The van der Waals surface area contributed by atoms with E-state index in [2.05, 4.69) is 31.0 Å². The van der Waals surface area contributed by atoms with E-state index in [9.17, 15) is 0 Å². The fraction of sp³-hybridized carbons (Fsp3) is 1.00. The van der Waals surface area contributed by atoms with Crippen LogP contribution in [-0.4, -0.2) is 49.2 Å². The summed E-state index contributed by atoms with van der Waals surface area (Å²) in [6.45, 7) is 2.69. The van der Waals surface area contributed by atoms with Gasteiger partial charge in [-0.25, -0.2) is 0 Å². The summed E-state index contributed by atoms with van der Waals surface area (Å²) in [7, 11) is 0. The van der Waals surface area contributed by atoms with E-state index in [0.29, 0.717) is 6.61 Å². The molecule has 2 nitrogen and oxygen atoms in total. The van der Waals surface area contributed by atoms with Crippen LogP contribution in [0.3, 0.4) is 0 Å². The Balaban J connectivity index is 0. The van der Waals surface area contributed by atoms with Crippen molar-refractivity contribution in [3.63, 3.8) is 0 Å². The Labute approximate surface area is 115 Å². The monoisotopic (exact) mass is 254 g/mol. The average Bonchev–Trinajstić information content (AvgIpc) is 1.85. The Hall–Kier alpha value is 2.18. The van der Waals surface area contributed by atoms with Crippen molar-refractivity contribution in [1.82, 2.24) is 0 Å². The fourth-order valence-corrected chi connectivity index (χ4v) is 1.55. The molecule has 0 bridgehead atoms. The summed E-state index contributed by atoms with van der Waals surface area (Å²) in [4.78, 5) is 8.94. The standard InChI is InChI=1S/C6H15O2PS2.Ca/c1-2-3-4-5-6-8-9(7,10)11;/h2-6H2,1H3,(H2,7,10,11);. The summed E-state index contributed by atoms with van der Waals surface area (Å²) >= 11 is 8.31. The molecule has 1 N–H and O–H groups in total. The van der Waals surface area contributed by atoms with E-state index in [1.54, 1.807) is 0 Å². The summed E-state index contributed by atoms with van der Waals surface area (Å²) in [5, 5.41) is 0. The maximum absolute atomic E-state index is 8.94. The van der Waals surface area contributed by atoms with Crippen LogP contribution in [0, 0.1) is 0 Å². The Morgan fingerprint density at radius 1 is 1.42 bits per heavy atom. The van der Waals surface area contributed by atoms with Crippen LogP contribution in [0.5, 0.6) is 0 Å². The smallest absolute Gasteiger partial charge is 0.241 e. The molecule has 0 saturated carbocycles. The van der Waals surface area contributed by atoms with Gasteiger partial charge in [-0.3, -0.25) is 0 Å². The average molecular weight is 254 g/mol. The minimum absolute atomic E-state index is 0. The molecule has 70 valence electrons. The van der Waals surface area contributed by atoms with Gasteiger partial charge >= 0.3 is 0 Å². The molecule has 12 heavy (non-hydrogen) atoms. The number of thiol groups is 1. The first-order valence-corrected chi connectivity index (χ1v) is 7.59. The molecule has 0 saturated heterocycles. The molecule has 6 heteroatoms. The Morgan fingerprint density at radius 3 is 2.42 bits per heavy atom. The van der Waals surface area contributed by atoms with E-state index < -0.39 is 5.69 Å². The SMILES string of the molecule is CCCCCCOP(O)(=S)S.[Ca]. The zero-order valence-corrected chi connectivity index (χ0v) is 12.2. The molecule has 2 radical (unpaired) electrons. The van der Waals surface area contributed by atoms with Gasteiger partial charge < -0.3 is 9.42 Å². The molecule has 0 heterocycles. The van der Waals surface area contributed by atoms with Gasteiger partial charge in [-0.15, -0.1) is 0 Å². The molecule has 0 spiro atoms. The van der Waals surface area contributed by atoms with Gasteiger partial charge in [0, 0.05) is 37.7 Å². The molecular formula is C6H15CaO2PS2. The minimum atomic E-state index is -2.69. The minimum Gasteiger partial charge on any atom is -0.338 e. The molecule has 0 aliphatic heterocycles. The van der Waals surface area contributed by atoms with Gasteiger partial charge in [0.05, 0.1) is 6.61 Å². The van der Waals surface area contributed by atoms with Crippen molar-refractivity contribution in [1.29, 1.82) is 0 Å². The van der Waals surface area contributed by atoms with Crippen molar-refractivity contribution in [2.24, 2.45) is 0 Å². The normalized spacial score (nSPS) is 14.9. The molecule has 1 atom stereocenters. The third kappa shape index (κ3) is 14.7. The van der Waals surface area contributed by atoms with E-state index in [-0.39, 0.29) is 37.7 Å². The van der Waals surface area contributed by atoms with Crippen LogP contribution in [0.25, 0.3) is 0 Å². The molecule has 0 aromatic carbocycles. The Bertz CT molecular complexity index is 140. The first-order chi connectivity index (χ1) is 5.06. The second-order valence-corrected chi connectivity index (χ2v) is 7.55. The van der Waals surface area contributed by atoms with Crippen LogP contribution in [0.1, 0.15) is 32.6 Å². The molecule has 0 aliphatic carbocycles. The number of rotatable bonds is 6. The van der Waals surface area contributed by atoms with Crippen LogP contribution in [-0.2, 0) is 16.3 Å². The summed E-state index contributed by atoms with van der Waals surface area (Å²) in [6.07, 6.45) is 4.52. The molecule has 0 amide bonds. The molecule has 0 fully saturated rings. The van der Waals surface area contributed by atoms with Gasteiger partial charge in [-0.05, 0) is 18.2 Å². The second-order valence-electron chi connectivity index (χ2n) is 2.38. The third-order valence-electron chi connectivity index (χ3n) is 1.26. The zero-order valence-electron chi connectivity index (χ0n) is 7.40. The first kappa shape index (κ1) is 16.6. The molecule has 0 aromatic rings. The fourth-order valence-electron chi connectivity index (χ4n) is 0.712. The maximum atomic E-state index is 8.94. The van der Waals surface area contributed by atoms with Crippen LogP contribution in [0.15, 0.2) is 0 Å². The molecule has 1 unspecified atom stereocenters. The number of hydrogen-bond acceptors (Lipinski definition) is 2. The Kier molecular flexibility index (Phi) is 13.5. The topological polar surface area (TPSA) is 29.5 Å². The van der Waals surface area contributed by atoms with Crippen molar-refractivity contribution in [3.8, 4) is 0 Å². The van der Waals surface area contributed by atoms with E-state index in [0.717, 1.165) is 12.8 Å². The summed E-state index contributed by atoms with van der Waals surface area (Å²) in [5.41, 5.74) is -2.69. The summed E-state index contributed by atoms with van der Waals surface area (Å²) in [6, 6.07) is 0. The molecular weight excluding hydrogens is 239 g/mol. The summed E-state index contributed by atoms with van der Waals surface area (Å²) in [5.74, 6) is 0. The first-order valence-electron chi connectivity index (χ1n) is 3.76. The van der Waals surface area contributed by atoms with Crippen LogP contribution in [0.4, 0.5) is 0 Å². The maximum Gasteiger partial charge on any atom is 0.241 e. The molecule has 0 aromatic heterocycles. The predicted molar refractivity (Wildman–Crippen MR) is 61.3 cm³/mol. The van der Waals surface area contributed by atoms with Gasteiger partial charge in [-0.2, -0.15) is 0 Å². The van der Waals surface area contributed by atoms with Crippen molar-refractivity contribution >= 4 is 67.5 Å². The largest absolute Gasteiger partial charge is 0.338 e.